The summed E-state index contributed by atoms with van der Waals surface area (Å²) in [4.78, 5) is 3.95. The second-order valence-electron chi connectivity index (χ2n) is 3.24. The van der Waals surface area contributed by atoms with Gasteiger partial charge in [-0.3, -0.25) is 0 Å². The third-order valence-electron chi connectivity index (χ3n) is 2.14. The first-order valence-corrected chi connectivity index (χ1v) is 5.07. The van der Waals surface area contributed by atoms with Crippen molar-refractivity contribution in [1.29, 1.82) is 0 Å². The topological polar surface area (TPSA) is 20.0 Å². The van der Waals surface area contributed by atoms with Crippen molar-refractivity contribution < 1.29 is 33.0 Å². The summed E-state index contributed by atoms with van der Waals surface area (Å²) in [6.45, 7) is 0. The Hall–Kier alpha value is -0.950. The molecule has 0 saturated carbocycles. The van der Waals surface area contributed by atoms with Crippen LogP contribution in [0, 0.1) is 5.82 Å². The summed E-state index contributed by atoms with van der Waals surface area (Å²) in [6.07, 6.45) is 5.02. The molecule has 17 heavy (non-hydrogen) atoms. The minimum absolute atomic E-state index is 0. The first kappa shape index (κ1) is 14.1. The van der Waals surface area contributed by atoms with E-state index in [1.165, 1.54) is 12.3 Å². The third-order valence-corrected chi connectivity index (χ3v) is 2.35. The highest BCUT2D eigenvalue weighted by atomic mass is 127. The van der Waals surface area contributed by atoms with Crippen LogP contribution in [-0.4, -0.2) is 12.0 Å². The van der Waals surface area contributed by atoms with Gasteiger partial charge in [0.1, 0.15) is 0 Å². The molecule has 6 heteroatoms. The smallest absolute Gasteiger partial charge is 0.223 e. The lowest BCUT2D eigenvalue weighted by Crippen LogP contribution is -3.00. The maximum atomic E-state index is 13.6. The summed E-state index contributed by atoms with van der Waals surface area (Å²) in [5.74, 6) is -0.230. The first-order chi connectivity index (χ1) is 7.68. The summed E-state index contributed by atoms with van der Waals surface area (Å²) >= 11 is 5.64. The fourth-order valence-electron chi connectivity index (χ4n) is 1.34. The van der Waals surface area contributed by atoms with Crippen LogP contribution in [0.15, 0.2) is 42.9 Å². The number of anilines is 1. The molecule has 0 aromatic carbocycles. The molecule has 2 rings (SSSR count). The van der Waals surface area contributed by atoms with E-state index in [2.05, 4.69) is 4.98 Å². The maximum Gasteiger partial charge on any atom is 0.223 e. The Morgan fingerprint density at radius 1 is 1.29 bits per heavy atom. The maximum absolute atomic E-state index is 13.6. The average Bonchev–Trinajstić information content (AvgIpc) is 2.29. The second kappa shape index (κ2) is 6.11. The highest BCUT2D eigenvalue weighted by Crippen LogP contribution is 2.16. The molecule has 0 N–H and O–H groups in total. The molecular formula is C11H10ClFIN3. The Labute approximate surface area is 121 Å². The highest BCUT2D eigenvalue weighted by molar-refractivity contribution is 6.30. The van der Waals surface area contributed by atoms with E-state index in [4.69, 9.17) is 11.6 Å². The molecule has 0 saturated heterocycles. The van der Waals surface area contributed by atoms with Gasteiger partial charge >= 0.3 is 0 Å². The Bertz CT molecular complexity index is 495. The summed E-state index contributed by atoms with van der Waals surface area (Å²) in [6, 6.07) is 6.83. The normalized spacial score (nSPS) is 9.59. The number of aromatic nitrogens is 2. The monoisotopic (exact) mass is 365 g/mol. The lowest BCUT2D eigenvalue weighted by molar-refractivity contribution is -0.681. The summed E-state index contributed by atoms with van der Waals surface area (Å²) in [5, 5.41) is 1.87. The van der Waals surface area contributed by atoms with Crippen LogP contribution in [-0.2, 0) is 0 Å². The second-order valence-corrected chi connectivity index (χ2v) is 3.67. The van der Waals surface area contributed by atoms with Crippen LogP contribution in [0.25, 0.3) is 0 Å². The first-order valence-electron chi connectivity index (χ1n) is 4.70. The molecule has 0 radical (unpaired) electrons. The van der Waals surface area contributed by atoms with E-state index in [0.29, 0.717) is 0 Å². The van der Waals surface area contributed by atoms with Crippen molar-refractivity contribution in [2.75, 3.05) is 12.1 Å². The van der Waals surface area contributed by atoms with Crippen molar-refractivity contribution in [3.8, 4) is 0 Å². The van der Waals surface area contributed by atoms with Crippen molar-refractivity contribution in [3.05, 3.63) is 53.7 Å². The zero-order chi connectivity index (χ0) is 11.5. The lowest BCUT2D eigenvalue weighted by Gasteiger charge is -2.11. The number of rotatable bonds is 2. The number of hydrogen-bond donors (Lipinski definition) is 0. The number of hydrogen-bond acceptors (Lipinski definition) is 2. The van der Waals surface area contributed by atoms with Gasteiger partial charge in [0.15, 0.2) is 18.2 Å². The van der Waals surface area contributed by atoms with Gasteiger partial charge < -0.3 is 24.0 Å². The predicted molar refractivity (Wildman–Crippen MR) is 59.6 cm³/mol. The summed E-state index contributed by atoms with van der Waals surface area (Å²) in [5.41, 5.74) is 0. The Morgan fingerprint density at radius 2 is 1.94 bits per heavy atom. The van der Waals surface area contributed by atoms with Crippen LogP contribution in [0.2, 0.25) is 5.02 Å². The van der Waals surface area contributed by atoms with Crippen LogP contribution in [0.1, 0.15) is 0 Å². The van der Waals surface area contributed by atoms with Gasteiger partial charge in [-0.05, 0) is 6.07 Å². The van der Waals surface area contributed by atoms with Gasteiger partial charge in [0.25, 0.3) is 0 Å². The van der Waals surface area contributed by atoms with Crippen LogP contribution in [0.5, 0.6) is 0 Å². The number of pyridine rings is 2. The Kier molecular flexibility index (Phi) is 5.07. The van der Waals surface area contributed by atoms with Gasteiger partial charge in [0.2, 0.25) is 5.82 Å². The highest BCUT2D eigenvalue weighted by Gasteiger charge is 2.16. The number of nitrogens with zero attached hydrogens (tertiary/aromatic N) is 3. The van der Waals surface area contributed by atoms with E-state index in [-0.39, 0.29) is 34.8 Å². The molecule has 0 bridgehead atoms. The van der Waals surface area contributed by atoms with Crippen LogP contribution in [0.3, 0.4) is 0 Å². The fraction of sp³-hybridized carbons (Fsp3) is 0.0909. The molecule has 2 aromatic heterocycles. The van der Waals surface area contributed by atoms with Crippen molar-refractivity contribution >= 4 is 17.4 Å². The van der Waals surface area contributed by atoms with Gasteiger partial charge in [-0.15, -0.1) is 5.01 Å². The molecule has 90 valence electrons. The van der Waals surface area contributed by atoms with Crippen LogP contribution in [0.4, 0.5) is 10.2 Å². The summed E-state index contributed by atoms with van der Waals surface area (Å²) in [7, 11) is 1.72. The molecule has 0 aliphatic heterocycles. The van der Waals surface area contributed by atoms with E-state index in [1.807, 2.05) is 18.2 Å². The molecule has 2 aromatic rings. The van der Waals surface area contributed by atoms with Gasteiger partial charge in [-0.2, -0.15) is 0 Å². The minimum Gasteiger partial charge on any atom is -1.00 e. The third kappa shape index (κ3) is 3.26. The van der Waals surface area contributed by atoms with Gasteiger partial charge in [0, 0.05) is 18.3 Å². The van der Waals surface area contributed by atoms with E-state index < -0.39 is 5.82 Å². The van der Waals surface area contributed by atoms with Crippen molar-refractivity contribution in [2.45, 2.75) is 0 Å². The van der Waals surface area contributed by atoms with Crippen molar-refractivity contribution in [2.24, 2.45) is 0 Å². The van der Waals surface area contributed by atoms with E-state index >= 15 is 0 Å². The molecule has 0 unspecified atom stereocenters. The molecule has 0 aliphatic rings. The standard InChI is InChI=1S/C11H10ClFN3.HI/c1-15(16-5-3-2-4-6-16)11-10(13)7-9(12)8-14-11;/h2-8H,1H3;1H/q+1;/p-1. The zero-order valence-corrected chi connectivity index (χ0v) is 11.9. The fourth-order valence-corrected chi connectivity index (χ4v) is 1.49. The SMILES string of the molecule is CN(c1ncc(Cl)cc1F)[n+]1ccccc1.[I-]. The van der Waals surface area contributed by atoms with E-state index in [9.17, 15) is 4.39 Å². The number of halogens is 3. The van der Waals surface area contributed by atoms with Crippen LogP contribution >= 0.6 is 11.6 Å². The lowest BCUT2D eigenvalue weighted by atomic mass is 10.4. The molecule has 0 atom stereocenters. The quantitative estimate of drug-likeness (QED) is 0.506. The minimum atomic E-state index is -0.452. The van der Waals surface area contributed by atoms with E-state index in [1.54, 1.807) is 29.1 Å². The van der Waals surface area contributed by atoms with Crippen molar-refractivity contribution in [1.82, 2.24) is 4.98 Å². The molecule has 0 aliphatic carbocycles. The van der Waals surface area contributed by atoms with Gasteiger partial charge in [-0.25, -0.2) is 9.37 Å². The van der Waals surface area contributed by atoms with E-state index in [0.717, 1.165) is 0 Å². The molecule has 3 nitrogen and oxygen atoms in total. The molecular weight excluding hydrogens is 355 g/mol. The summed E-state index contributed by atoms with van der Waals surface area (Å²) < 4.78 is 15.3. The Balaban J connectivity index is 0.00000144. The molecule has 0 fully saturated rings. The molecule has 0 spiro atoms. The predicted octanol–water partition coefficient (Wildman–Crippen LogP) is -0.935. The zero-order valence-electron chi connectivity index (χ0n) is 9.02. The average molecular weight is 366 g/mol. The van der Waals surface area contributed by atoms with Crippen molar-refractivity contribution in [3.63, 3.8) is 0 Å². The van der Waals surface area contributed by atoms with Gasteiger partial charge in [0.05, 0.1) is 12.1 Å². The van der Waals surface area contributed by atoms with Crippen LogP contribution < -0.4 is 33.7 Å². The molecule has 2 heterocycles. The van der Waals surface area contributed by atoms with Gasteiger partial charge in [-0.1, -0.05) is 22.3 Å². The molecule has 0 amide bonds. The largest absolute Gasteiger partial charge is 1.00 e. The Morgan fingerprint density at radius 3 is 2.53 bits per heavy atom.